The standard InChI is InChI=1S/C36H54N4O8S/c1-7-8-14-27(48-35(45)39-24-12-23-37-30(41)21-25-49)15-11-22-38-33(43)32(36(3,4)5)40-31(42)16-10-9-13-26(2)17-18-28-19-20-29(46-6)34(44)47-28/h7-11,13,16-17,20,22,27-28,32,49H,12,14-15,18-19,21,23-25H2,1-6H3,(H,37,41)(H,38,43)(H,39,45)(H,40,42)/b8-7-,13-9-,16-10-,22-11-,26-17+. The van der Waals surface area contributed by atoms with Gasteiger partial charge >= 0.3 is 12.1 Å². The van der Waals surface area contributed by atoms with Gasteiger partial charge in [0.25, 0.3) is 0 Å². The largest absolute Gasteiger partial charge is 0.490 e. The number of nitrogens with one attached hydrogen (secondary N) is 4. The number of thiol groups is 1. The van der Waals surface area contributed by atoms with Crippen molar-refractivity contribution in [3.63, 3.8) is 0 Å². The van der Waals surface area contributed by atoms with Gasteiger partial charge in [0.2, 0.25) is 17.7 Å². The third-order valence-electron chi connectivity index (χ3n) is 7.03. The maximum Gasteiger partial charge on any atom is 0.407 e. The van der Waals surface area contributed by atoms with Crippen molar-refractivity contribution in [3.05, 3.63) is 72.2 Å². The predicted molar refractivity (Wildman–Crippen MR) is 193 cm³/mol. The Balaban J connectivity index is 2.59. The van der Waals surface area contributed by atoms with Crippen molar-refractivity contribution in [3.8, 4) is 0 Å². The Morgan fingerprint density at radius 3 is 2.43 bits per heavy atom. The smallest absolute Gasteiger partial charge is 0.407 e. The van der Waals surface area contributed by atoms with Gasteiger partial charge < -0.3 is 35.5 Å². The number of carbonyl (C=O) groups is 5. The van der Waals surface area contributed by atoms with E-state index in [2.05, 4.69) is 33.9 Å². The number of allylic oxidation sites excluding steroid dienone is 5. The molecule has 0 saturated heterocycles. The Bertz CT molecular complexity index is 1280. The van der Waals surface area contributed by atoms with E-state index in [1.807, 2.05) is 58.9 Å². The van der Waals surface area contributed by atoms with Gasteiger partial charge in [-0.25, -0.2) is 9.59 Å². The van der Waals surface area contributed by atoms with Crippen molar-refractivity contribution in [2.75, 3.05) is 26.0 Å². The Morgan fingerprint density at radius 1 is 1.08 bits per heavy atom. The van der Waals surface area contributed by atoms with Crippen molar-refractivity contribution in [1.82, 2.24) is 21.3 Å². The van der Waals surface area contributed by atoms with E-state index >= 15 is 0 Å². The molecule has 4 amide bonds. The first-order valence-corrected chi connectivity index (χ1v) is 17.1. The maximum atomic E-state index is 13.0. The topological polar surface area (TPSA) is 161 Å². The normalized spacial score (nSPS) is 16.7. The molecule has 0 aromatic carbocycles. The Kier molecular flexibility index (Phi) is 20.9. The maximum absolute atomic E-state index is 13.0. The van der Waals surface area contributed by atoms with Gasteiger partial charge in [-0.1, -0.05) is 68.9 Å². The monoisotopic (exact) mass is 702 g/mol. The summed E-state index contributed by atoms with van der Waals surface area (Å²) in [4.78, 5) is 61.3. The molecule has 0 fully saturated rings. The first-order chi connectivity index (χ1) is 23.3. The van der Waals surface area contributed by atoms with E-state index in [-0.39, 0.29) is 23.7 Å². The first kappa shape index (κ1) is 42.8. The molecule has 0 bridgehead atoms. The van der Waals surface area contributed by atoms with Gasteiger partial charge in [-0.3, -0.25) is 14.4 Å². The molecular formula is C36H54N4O8S. The number of esters is 1. The number of rotatable bonds is 20. The second-order valence-electron chi connectivity index (χ2n) is 12.3. The van der Waals surface area contributed by atoms with Crippen molar-refractivity contribution in [2.24, 2.45) is 5.41 Å². The van der Waals surface area contributed by atoms with E-state index in [1.165, 1.54) is 19.4 Å². The lowest BCUT2D eigenvalue weighted by molar-refractivity contribution is -0.149. The minimum atomic E-state index is -0.825. The third-order valence-corrected chi connectivity index (χ3v) is 7.25. The van der Waals surface area contributed by atoms with Crippen molar-refractivity contribution in [1.29, 1.82) is 0 Å². The van der Waals surface area contributed by atoms with E-state index < -0.39 is 35.5 Å². The molecule has 272 valence electrons. The minimum absolute atomic E-state index is 0.0812. The van der Waals surface area contributed by atoms with Crippen LogP contribution < -0.4 is 21.3 Å². The van der Waals surface area contributed by atoms with Crippen molar-refractivity contribution in [2.45, 2.75) is 91.4 Å². The molecule has 3 unspecified atom stereocenters. The SMILES string of the molecule is C/C=C\CC(C/C=C\NC(=O)C(NC(=O)\C=C/C=C\C(C)=C\CC1CC=C(OC)C(=O)O1)C(C)(C)C)OC(=O)NCCCNC(=O)CCS. The summed E-state index contributed by atoms with van der Waals surface area (Å²) in [5.74, 6) is -0.663. The number of hydrogen-bond donors (Lipinski definition) is 5. The summed E-state index contributed by atoms with van der Waals surface area (Å²) in [6.45, 7) is 10.1. The predicted octanol–water partition coefficient (Wildman–Crippen LogP) is 4.72. The number of hydrogen-bond acceptors (Lipinski definition) is 9. The average molecular weight is 703 g/mol. The molecule has 0 radical (unpaired) electrons. The molecule has 1 rings (SSSR count). The summed E-state index contributed by atoms with van der Waals surface area (Å²) in [6, 6.07) is -0.825. The van der Waals surface area contributed by atoms with Crippen molar-refractivity contribution >= 4 is 42.4 Å². The highest BCUT2D eigenvalue weighted by atomic mass is 32.1. The van der Waals surface area contributed by atoms with Gasteiger partial charge in [-0.15, -0.1) is 0 Å². The number of alkyl carbamates (subject to hydrolysis) is 1. The molecule has 0 saturated carbocycles. The quantitative estimate of drug-likeness (QED) is 0.0304. The van der Waals surface area contributed by atoms with Gasteiger partial charge in [0, 0.05) is 51.3 Å². The van der Waals surface area contributed by atoms with Crippen LogP contribution in [-0.2, 0) is 33.4 Å². The zero-order valence-electron chi connectivity index (χ0n) is 29.6. The molecule has 49 heavy (non-hydrogen) atoms. The van der Waals surface area contributed by atoms with Crippen LogP contribution in [0.25, 0.3) is 0 Å². The molecule has 0 aromatic rings. The zero-order valence-corrected chi connectivity index (χ0v) is 30.5. The summed E-state index contributed by atoms with van der Waals surface area (Å²) in [7, 11) is 1.43. The summed E-state index contributed by atoms with van der Waals surface area (Å²) in [6.07, 6.45) is 18.7. The van der Waals surface area contributed by atoms with Crippen LogP contribution in [0.3, 0.4) is 0 Å². The van der Waals surface area contributed by atoms with Crippen LogP contribution in [0.4, 0.5) is 4.79 Å². The summed E-state index contributed by atoms with van der Waals surface area (Å²) < 4.78 is 15.8. The van der Waals surface area contributed by atoms with E-state index in [0.717, 1.165) is 5.57 Å². The van der Waals surface area contributed by atoms with Crippen LogP contribution in [0.1, 0.15) is 73.1 Å². The Morgan fingerprint density at radius 2 is 1.78 bits per heavy atom. The molecule has 13 heteroatoms. The molecule has 1 aliphatic rings. The van der Waals surface area contributed by atoms with Crippen LogP contribution in [0.2, 0.25) is 0 Å². The molecule has 4 N–H and O–H groups in total. The first-order valence-electron chi connectivity index (χ1n) is 16.5. The number of carbonyl (C=O) groups excluding carboxylic acids is 5. The molecular weight excluding hydrogens is 648 g/mol. The Labute approximate surface area is 296 Å². The lowest BCUT2D eigenvalue weighted by atomic mass is 9.86. The van der Waals surface area contributed by atoms with E-state index in [1.54, 1.807) is 24.3 Å². The highest BCUT2D eigenvalue weighted by molar-refractivity contribution is 7.80. The van der Waals surface area contributed by atoms with Gasteiger partial charge in [-0.05, 0) is 43.7 Å². The average Bonchev–Trinajstić information content (AvgIpc) is 3.04. The van der Waals surface area contributed by atoms with Crippen LogP contribution >= 0.6 is 12.6 Å². The second-order valence-corrected chi connectivity index (χ2v) is 12.8. The van der Waals surface area contributed by atoms with Gasteiger partial charge in [0.05, 0.1) is 7.11 Å². The second kappa shape index (κ2) is 24.0. The molecule has 1 aliphatic heterocycles. The minimum Gasteiger partial charge on any atom is -0.490 e. The van der Waals surface area contributed by atoms with Crippen molar-refractivity contribution < 1.29 is 38.2 Å². The fraction of sp³-hybridized carbons (Fsp3) is 0.528. The number of ether oxygens (including phenoxy) is 3. The fourth-order valence-corrected chi connectivity index (χ4v) is 4.51. The molecule has 3 atom stereocenters. The summed E-state index contributed by atoms with van der Waals surface area (Å²) >= 11 is 4.02. The third kappa shape index (κ3) is 19.4. The van der Waals surface area contributed by atoms with Crippen LogP contribution in [0, 0.1) is 5.41 Å². The Hall–Kier alpha value is -4.26. The highest BCUT2D eigenvalue weighted by Crippen LogP contribution is 2.20. The number of methoxy groups -OCH3 is 1. The van der Waals surface area contributed by atoms with E-state index in [9.17, 15) is 24.0 Å². The zero-order chi connectivity index (χ0) is 36.7. The van der Waals surface area contributed by atoms with Crippen LogP contribution in [0.5, 0.6) is 0 Å². The summed E-state index contributed by atoms with van der Waals surface area (Å²) in [5.41, 5.74) is 0.353. The van der Waals surface area contributed by atoms with Crippen LogP contribution in [-0.4, -0.2) is 74.0 Å². The molecule has 1 heterocycles. The van der Waals surface area contributed by atoms with E-state index in [4.69, 9.17) is 14.2 Å². The number of amides is 4. The highest BCUT2D eigenvalue weighted by Gasteiger charge is 2.32. The lowest BCUT2D eigenvalue weighted by Crippen LogP contribution is -2.52. The molecule has 0 aliphatic carbocycles. The van der Waals surface area contributed by atoms with Crippen LogP contribution in [0.15, 0.2) is 72.2 Å². The molecule has 12 nitrogen and oxygen atoms in total. The van der Waals surface area contributed by atoms with Gasteiger partial charge in [0.15, 0.2) is 5.76 Å². The van der Waals surface area contributed by atoms with Gasteiger partial charge in [-0.2, -0.15) is 12.6 Å². The fourth-order valence-electron chi connectivity index (χ4n) is 4.31. The lowest BCUT2D eigenvalue weighted by Gasteiger charge is -2.29. The van der Waals surface area contributed by atoms with E-state index in [0.29, 0.717) is 57.4 Å². The van der Waals surface area contributed by atoms with Gasteiger partial charge in [0.1, 0.15) is 18.2 Å². The summed E-state index contributed by atoms with van der Waals surface area (Å²) in [5, 5.41) is 10.9. The number of cyclic esters (lactones) is 1. The molecule has 0 spiro atoms. The molecule has 0 aromatic heterocycles.